The molecule has 0 fully saturated rings. The monoisotopic (exact) mass is 329 g/mol. The van der Waals surface area contributed by atoms with Crippen LogP contribution in [-0.4, -0.2) is 36.6 Å². The maximum absolute atomic E-state index is 12.4. The molecule has 0 aliphatic carbocycles. The van der Waals surface area contributed by atoms with Crippen molar-refractivity contribution in [3.63, 3.8) is 0 Å². The van der Waals surface area contributed by atoms with E-state index in [-0.39, 0.29) is 18.2 Å². The van der Waals surface area contributed by atoms with Crippen molar-refractivity contribution in [2.45, 2.75) is 20.8 Å². The number of carbonyl (C=O) groups excluding carboxylic acids is 3. The number of rotatable bonds is 7. The second-order valence-corrected chi connectivity index (χ2v) is 5.41. The molecule has 1 aromatic carbocycles. The van der Waals surface area contributed by atoms with Crippen LogP contribution in [-0.2, 0) is 0 Å². The fraction of sp³-hybridized carbons (Fsp3) is 0.278. The summed E-state index contributed by atoms with van der Waals surface area (Å²) in [7, 11) is 1.50. The lowest BCUT2D eigenvalue weighted by Crippen LogP contribution is -2.14. The number of nitrogens with one attached hydrogen (secondary N) is 1. The van der Waals surface area contributed by atoms with Gasteiger partial charge in [0.1, 0.15) is 11.5 Å². The van der Waals surface area contributed by atoms with Gasteiger partial charge in [-0.25, -0.2) is 0 Å². The number of methoxy groups -OCH3 is 1. The summed E-state index contributed by atoms with van der Waals surface area (Å²) in [6.45, 7) is 4.68. The zero-order chi connectivity index (χ0) is 17.9. The van der Waals surface area contributed by atoms with Crippen molar-refractivity contribution in [1.29, 1.82) is 0 Å². The number of benzene rings is 1. The van der Waals surface area contributed by atoms with Gasteiger partial charge in [-0.05, 0) is 44.5 Å². The van der Waals surface area contributed by atoms with E-state index in [0.717, 1.165) is 0 Å². The SMILES string of the molecule is COc1ccc(OCC(=O)c2[nH]c(C)c(C(C)=O)c2C)c(C=O)c1. The molecule has 0 saturated carbocycles. The van der Waals surface area contributed by atoms with Crippen molar-refractivity contribution in [3.05, 3.63) is 46.3 Å². The van der Waals surface area contributed by atoms with Crippen molar-refractivity contribution in [2.75, 3.05) is 13.7 Å². The van der Waals surface area contributed by atoms with E-state index in [1.54, 1.807) is 26.0 Å². The summed E-state index contributed by atoms with van der Waals surface area (Å²) in [6.07, 6.45) is 0.639. The van der Waals surface area contributed by atoms with E-state index in [2.05, 4.69) is 4.98 Å². The average molecular weight is 329 g/mol. The minimum atomic E-state index is -0.296. The first-order valence-electron chi connectivity index (χ1n) is 7.38. The second-order valence-electron chi connectivity index (χ2n) is 5.41. The molecule has 2 aromatic rings. The molecule has 1 heterocycles. The number of Topliss-reactive ketones (excluding diaryl/α,β-unsaturated/α-hetero) is 2. The van der Waals surface area contributed by atoms with Crippen LogP contribution in [0.25, 0.3) is 0 Å². The van der Waals surface area contributed by atoms with Gasteiger partial charge in [-0.15, -0.1) is 0 Å². The number of ether oxygens (including phenoxy) is 2. The molecule has 0 atom stereocenters. The molecule has 1 N–H and O–H groups in total. The van der Waals surface area contributed by atoms with Gasteiger partial charge in [-0.3, -0.25) is 14.4 Å². The van der Waals surface area contributed by atoms with Gasteiger partial charge in [0.05, 0.1) is 18.4 Å². The predicted octanol–water partition coefficient (Wildman–Crippen LogP) is 2.92. The molecule has 0 radical (unpaired) electrons. The molecule has 0 saturated heterocycles. The van der Waals surface area contributed by atoms with Gasteiger partial charge in [0, 0.05) is 11.3 Å². The third-order valence-corrected chi connectivity index (χ3v) is 3.77. The summed E-state index contributed by atoms with van der Waals surface area (Å²) in [6, 6.07) is 4.75. The van der Waals surface area contributed by atoms with Crippen molar-refractivity contribution < 1.29 is 23.9 Å². The summed E-state index contributed by atoms with van der Waals surface area (Å²) in [5, 5.41) is 0. The molecule has 0 amide bonds. The number of ketones is 2. The predicted molar refractivity (Wildman–Crippen MR) is 88.5 cm³/mol. The van der Waals surface area contributed by atoms with Gasteiger partial charge < -0.3 is 14.5 Å². The van der Waals surface area contributed by atoms with Crippen molar-refractivity contribution in [1.82, 2.24) is 4.98 Å². The molecule has 0 bridgehead atoms. The van der Waals surface area contributed by atoms with E-state index >= 15 is 0 Å². The molecule has 0 unspecified atom stereocenters. The molecule has 0 spiro atoms. The lowest BCUT2D eigenvalue weighted by Gasteiger charge is -2.09. The Kier molecular flexibility index (Phi) is 5.18. The minimum Gasteiger partial charge on any atom is -0.497 e. The van der Waals surface area contributed by atoms with Crippen molar-refractivity contribution in [3.8, 4) is 11.5 Å². The summed E-state index contributed by atoms with van der Waals surface area (Å²) >= 11 is 0. The molecule has 0 aliphatic rings. The van der Waals surface area contributed by atoms with Crippen LogP contribution in [0.15, 0.2) is 18.2 Å². The lowest BCUT2D eigenvalue weighted by molar-refractivity contribution is 0.0913. The average Bonchev–Trinajstić information content (AvgIpc) is 2.87. The van der Waals surface area contributed by atoms with Gasteiger partial charge >= 0.3 is 0 Å². The number of aryl methyl sites for hydroxylation is 1. The summed E-state index contributed by atoms with van der Waals surface area (Å²) in [5.74, 6) is 0.431. The summed E-state index contributed by atoms with van der Waals surface area (Å²) < 4.78 is 10.5. The van der Waals surface area contributed by atoms with Crippen LogP contribution >= 0.6 is 0 Å². The molecular formula is C18H19NO5. The molecule has 24 heavy (non-hydrogen) atoms. The zero-order valence-electron chi connectivity index (χ0n) is 14.1. The van der Waals surface area contributed by atoms with Gasteiger partial charge in [-0.1, -0.05) is 0 Å². The quantitative estimate of drug-likeness (QED) is 0.623. The van der Waals surface area contributed by atoms with Gasteiger partial charge in [0.15, 0.2) is 18.7 Å². The van der Waals surface area contributed by atoms with E-state index < -0.39 is 0 Å². The number of hydrogen-bond donors (Lipinski definition) is 1. The Balaban J connectivity index is 2.19. The Morgan fingerprint density at radius 1 is 1.25 bits per heavy atom. The smallest absolute Gasteiger partial charge is 0.216 e. The largest absolute Gasteiger partial charge is 0.497 e. The molecule has 1 aromatic heterocycles. The van der Waals surface area contributed by atoms with Crippen LogP contribution in [0.1, 0.15) is 49.4 Å². The first-order valence-corrected chi connectivity index (χ1v) is 7.38. The van der Waals surface area contributed by atoms with Crippen molar-refractivity contribution >= 4 is 17.9 Å². The van der Waals surface area contributed by atoms with E-state index in [0.29, 0.717) is 45.9 Å². The van der Waals surface area contributed by atoms with Crippen LogP contribution in [0.3, 0.4) is 0 Å². The second kappa shape index (κ2) is 7.12. The van der Waals surface area contributed by atoms with Crippen LogP contribution in [0.5, 0.6) is 11.5 Å². The number of aromatic amines is 1. The minimum absolute atomic E-state index is 0.0976. The normalized spacial score (nSPS) is 10.3. The molecule has 6 heteroatoms. The van der Waals surface area contributed by atoms with E-state index in [1.807, 2.05) is 0 Å². The van der Waals surface area contributed by atoms with Crippen LogP contribution in [0.2, 0.25) is 0 Å². The Labute approximate surface area is 139 Å². The highest BCUT2D eigenvalue weighted by atomic mass is 16.5. The molecule has 126 valence electrons. The fourth-order valence-corrected chi connectivity index (χ4v) is 2.65. The Bertz CT molecular complexity index is 804. The number of aldehydes is 1. The third-order valence-electron chi connectivity index (χ3n) is 3.77. The topological polar surface area (TPSA) is 85.5 Å². The molecule has 0 aliphatic heterocycles. The van der Waals surface area contributed by atoms with Crippen molar-refractivity contribution in [2.24, 2.45) is 0 Å². The van der Waals surface area contributed by atoms with E-state index in [9.17, 15) is 14.4 Å². The fourth-order valence-electron chi connectivity index (χ4n) is 2.65. The van der Waals surface area contributed by atoms with E-state index in [1.165, 1.54) is 20.1 Å². The van der Waals surface area contributed by atoms with Gasteiger partial charge in [0.2, 0.25) is 5.78 Å². The molecule has 6 nitrogen and oxygen atoms in total. The first kappa shape index (κ1) is 17.5. The standard InChI is InChI=1S/C18H19NO5/c1-10-17(12(3)21)11(2)19-18(10)15(22)9-24-16-6-5-14(23-4)7-13(16)8-20/h5-8,19H,9H2,1-4H3. The zero-order valence-corrected chi connectivity index (χ0v) is 14.1. The summed E-state index contributed by atoms with van der Waals surface area (Å²) in [4.78, 5) is 38.1. The Morgan fingerprint density at radius 2 is 1.96 bits per heavy atom. The highest BCUT2D eigenvalue weighted by Gasteiger charge is 2.20. The first-order chi connectivity index (χ1) is 11.4. The summed E-state index contributed by atoms with van der Waals surface area (Å²) in [5.41, 5.74) is 2.43. The van der Waals surface area contributed by atoms with Crippen LogP contribution < -0.4 is 9.47 Å². The maximum atomic E-state index is 12.4. The highest BCUT2D eigenvalue weighted by molar-refractivity contribution is 6.03. The number of aromatic nitrogens is 1. The lowest BCUT2D eigenvalue weighted by atomic mass is 10.1. The molecular weight excluding hydrogens is 310 g/mol. The number of carbonyl (C=O) groups is 3. The van der Waals surface area contributed by atoms with Gasteiger partial charge in [0.25, 0.3) is 0 Å². The van der Waals surface area contributed by atoms with Crippen LogP contribution in [0, 0.1) is 13.8 Å². The highest BCUT2D eigenvalue weighted by Crippen LogP contribution is 2.23. The van der Waals surface area contributed by atoms with Gasteiger partial charge in [-0.2, -0.15) is 0 Å². The Morgan fingerprint density at radius 3 is 2.50 bits per heavy atom. The number of H-pyrrole nitrogens is 1. The van der Waals surface area contributed by atoms with Crippen LogP contribution in [0.4, 0.5) is 0 Å². The molecule has 2 rings (SSSR count). The third kappa shape index (κ3) is 3.37. The number of hydrogen-bond acceptors (Lipinski definition) is 5. The Hall–Kier alpha value is -2.89. The van der Waals surface area contributed by atoms with E-state index in [4.69, 9.17) is 9.47 Å². The maximum Gasteiger partial charge on any atom is 0.216 e.